The molecular formula is C31H29ClN2O3. The summed E-state index contributed by atoms with van der Waals surface area (Å²) >= 11 is 6.03. The second-order valence-electron chi connectivity index (χ2n) is 10.5. The molecule has 0 spiro atoms. The van der Waals surface area contributed by atoms with Crippen LogP contribution in [0.15, 0.2) is 84.6 Å². The molecule has 2 N–H and O–H groups in total. The first kappa shape index (κ1) is 24.8. The molecule has 188 valence electrons. The average molecular weight is 513 g/mol. The van der Waals surface area contributed by atoms with Crippen molar-refractivity contribution in [1.82, 2.24) is 9.88 Å². The second-order valence-corrected chi connectivity index (χ2v) is 10.9. The van der Waals surface area contributed by atoms with Gasteiger partial charge in [0.15, 0.2) is 0 Å². The number of carbonyl (C=O) groups excluding carboxylic acids is 2. The topological polar surface area (TPSA) is 73.4 Å². The van der Waals surface area contributed by atoms with E-state index in [9.17, 15) is 14.7 Å². The number of aliphatic hydroxyl groups excluding tert-OH is 1. The number of H-pyrrole nitrogens is 1. The molecule has 0 bridgehead atoms. The predicted molar refractivity (Wildman–Crippen MR) is 148 cm³/mol. The number of hydrogen-bond donors (Lipinski definition) is 2. The van der Waals surface area contributed by atoms with Crippen molar-refractivity contribution in [2.75, 3.05) is 6.54 Å². The molecule has 5 rings (SSSR count). The first-order valence-electron chi connectivity index (χ1n) is 12.3. The van der Waals surface area contributed by atoms with Crippen molar-refractivity contribution in [2.45, 2.75) is 38.6 Å². The molecule has 37 heavy (non-hydrogen) atoms. The van der Waals surface area contributed by atoms with Crippen molar-refractivity contribution in [3.63, 3.8) is 0 Å². The van der Waals surface area contributed by atoms with E-state index in [1.54, 1.807) is 29.2 Å². The van der Waals surface area contributed by atoms with Gasteiger partial charge >= 0.3 is 0 Å². The molecule has 2 heterocycles. The number of nitrogens with one attached hydrogen (secondary N) is 1. The van der Waals surface area contributed by atoms with Gasteiger partial charge in [-0.25, -0.2) is 0 Å². The fourth-order valence-corrected chi connectivity index (χ4v) is 5.09. The number of benzene rings is 3. The van der Waals surface area contributed by atoms with E-state index in [1.165, 1.54) is 0 Å². The van der Waals surface area contributed by atoms with E-state index in [0.717, 1.165) is 27.6 Å². The lowest BCUT2D eigenvalue weighted by atomic mass is 9.85. The highest BCUT2D eigenvalue weighted by atomic mass is 35.5. The molecule has 6 heteroatoms. The van der Waals surface area contributed by atoms with Crippen LogP contribution in [0.1, 0.15) is 49.1 Å². The van der Waals surface area contributed by atoms with Crippen LogP contribution in [0.2, 0.25) is 5.02 Å². The zero-order chi connectivity index (χ0) is 26.3. The number of likely N-dealkylation sites (tertiary alicyclic amines) is 1. The Bertz CT molecular complexity index is 1510. The Hall–Kier alpha value is -3.83. The van der Waals surface area contributed by atoms with Gasteiger partial charge in [0.1, 0.15) is 5.76 Å². The van der Waals surface area contributed by atoms with E-state index in [0.29, 0.717) is 23.6 Å². The Morgan fingerprint density at radius 3 is 2.32 bits per heavy atom. The van der Waals surface area contributed by atoms with Gasteiger partial charge in [-0.1, -0.05) is 74.8 Å². The molecule has 0 saturated carbocycles. The van der Waals surface area contributed by atoms with Gasteiger partial charge in [0.2, 0.25) is 0 Å². The number of hydrogen-bond acceptors (Lipinski definition) is 3. The largest absolute Gasteiger partial charge is 0.507 e. The number of halogens is 1. The van der Waals surface area contributed by atoms with E-state index in [4.69, 9.17) is 11.6 Å². The van der Waals surface area contributed by atoms with Crippen molar-refractivity contribution in [1.29, 1.82) is 0 Å². The van der Waals surface area contributed by atoms with Gasteiger partial charge in [-0.2, -0.15) is 0 Å². The minimum atomic E-state index is -0.699. The van der Waals surface area contributed by atoms with E-state index < -0.39 is 17.7 Å². The lowest BCUT2D eigenvalue weighted by molar-refractivity contribution is -0.139. The van der Waals surface area contributed by atoms with Gasteiger partial charge in [-0.15, -0.1) is 0 Å². The summed E-state index contributed by atoms with van der Waals surface area (Å²) in [5, 5.41) is 12.9. The molecule has 1 aromatic heterocycles. The number of para-hydroxylation sites is 1. The van der Waals surface area contributed by atoms with Crippen molar-refractivity contribution in [3.8, 4) is 0 Å². The van der Waals surface area contributed by atoms with Crippen molar-refractivity contribution in [3.05, 3.63) is 112 Å². The van der Waals surface area contributed by atoms with Crippen LogP contribution in [-0.2, 0) is 21.4 Å². The Morgan fingerprint density at radius 1 is 0.973 bits per heavy atom. The Morgan fingerprint density at radius 2 is 1.65 bits per heavy atom. The molecule has 0 unspecified atom stereocenters. The highest BCUT2D eigenvalue weighted by Gasteiger charge is 2.46. The summed E-state index contributed by atoms with van der Waals surface area (Å²) in [6.45, 7) is 6.73. The van der Waals surface area contributed by atoms with Gasteiger partial charge in [-0.05, 0) is 58.9 Å². The molecule has 1 amide bonds. The van der Waals surface area contributed by atoms with Gasteiger partial charge in [0.05, 0.1) is 11.6 Å². The number of ketones is 1. The molecule has 1 atom stereocenters. The molecule has 3 aromatic carbocycles. The summed E-state index contributed by atoms with van der Waals surface area (Å²) < 4.78 is 0. The molecule has 1 aliphatic rings. The average Bonchev–Trinajstić information content (AvgIpc) is 3.41. The molecular weight excluding hydrogens is 484 g/mol. The van der Waals surface area contributed by atoms with Crippen LogP contribution >= 0.6 is 11.6 Å². The van der Waals surface area contributed by atoms with Crippen LogP contribution in [0.25, 0.3) is 16.7 Å². The number of aliphatic hydroxyl groups is 1. The van der Waals surface area contributed by atoms with Gasteiger partial charge in [0.25, 0.3) is 11.7 Å². The quantitative estimate of drug-likeness (QED) is 0.176. The zero-order valence-corrected chi connectivity index (χ0v) is 21.8. The van der Waals surface area contributed by atoms with Gasteiger partial charge < -0.3 is 15.0 Å². The molecule has 4 aromatic rings. The highest BCUT2D eigenvalue weighted by molar-refractivity contribution is 6.46. The summed E-state index contributed by atoms with van der Waals surface area (Å²) in [4.78, 5) is 31.5. The van der Waals surface area contributed by atoms with Crippen molar-refractivity contribution in [2.24, 2.45) is 0 Å². The minimum Gasteiger partial charge on any atom is -0.507 e. The second kappa shape index (κ2) is 9.56. The molecule has 1 fully saturated rings. The summed E-state index contributed by atoms with van der Waals surface area (Å²) in [6, 6.07) is 21.8. The zero-order valence-electron chi connectivity index (χ0n) is 21.1. The number of fused-ring (bicyclic) bond motifs is 1. The predicted octanol–water partition coefficient (Wildman–Crippen LogP) is 6.78. The smallest absolute Gasteiger partial charge is 0.295 e. The van der Waals surface area contributed by atoms with Crippen LogP contribution in [0.5, 0.6) is 0 Å². The Labute approximate surface area is 221 Å². The lowest BCUT2D eigenvalue weighted by Crippen LogP contribution is -2.31. The van der Waals surface area contributed by atoms with Gasteiger partial charge in [-0.3, -0.25) is 9.59 Å². The molecule has 5 nitrogen and oxygen atoms in total. The van der Waals surface area contributed by atoms with E-state index in [2.05, 4.69) is 25.8 Å². The minimum absolute atomic E-state index is 0.0427. The number of aromatic amines is 1. The van der Waals surface area contributed by atoms with Crippen LogP contribution in [-0.4, -0.2) is 33.2 Å². The number of carbonyl (C=O) groups is 2. The van der Waals surface area contributed by atoms with Crippen molar-refractivity contribution < 1.29 is 14.7 Å². The standard InChI is InChI=1S/C31H29ClN2O3/c1-31(2,3)22-12-8-19(9-13-22)27-26(28(35)20-10-14-23(32)15-11-20)29(36)30(37)34(27)17-16-21-18-33-25-7-5-4-6-24(21)25/h4-15,18,27,33,35H,16-17H2,1-3H3/t27-/m1/s1. The third-order valence-corrected chi connectivity index (χ3v) is 7.30. The Kier molecular flexibility index (Phi) is 6.42. The number of amides is 1. The van der Waals surface area contributed by atoms with Crippen molar-refractivity contribution >= 4 is 40.0 Å². The summed E-state index contributed by atoms with van der Waals surface area (Å²) in [5.41, 5.74) is 4.50. The first-order valence-corrected chi connectivity index (χ1v) is 12.7. The van der Waals surface area contributed by atoms with Gasteiger partial charge in [0, 0.05) is 34.2 Å². The SMILES string of the molecule is CC(C)(C)c1ccc([C@@H]2C(=C(O)c3ccc(Cl)cc3)C(=O)C(=O)N2CCc2c[nH]c3ccccc23)cc1. The van der Waals surface area contributed by atoms with E-state index in [-0.39, 0.29) is 16.7 Å². The Balaban J connectivity index is 1.57. The van der Waals surface area contributed by atoms with E-state index >= 15 is 0 Å². The number of aromatic nitrogens is 1. The number of rotatable bonds is 5. The summed E-state index contributed by atoms with van der Waals surface area (Å²) in [7, 11) is 0. The van der Waals surface area contributed by atoms with Crippen LogP contribution in [0.4, 0.5) is 0 Å². The first-order chi connectivity index (χ1) is 17.6. The fourth-order valence-electron chi connectivity index (χ4n) is 4.97. The summed E-state index contributed by atoms with van der Waals surface area (Å²) in [6.07, 6.45) is 2.51. The van der Waals surface area contributed by atoms with Crippen LogP contribution in [0.3, 0.4) is 0 Å². The molecule has 0 aliphatic carbocycles. The fraction of sp³-hybridized carbons (Fsp3) is 0.226. The third-order valence-electron chi connectivity index (χ3n) is 7.05. The summed E-state index contributed by atoms with van der Waals surface area (Å²) in [5.74, 6) is -1.49. The lowest BCUT2D eigenvalue weighted by Gasteiger charge is -2.26. The number of Topliss-reactive ketones (excluding diaryl/α,β-unsaturated/α-hetero) is 1. The molecule has 0 radical (unpaired) electrons. The monoisotopic (exact) mass is 512 g/mol. The molecule has 1 aliphatic heterocycles. The maximum atomic E-state index is 13.3. The highest BCUT2D eigenvalue weighted by Crippen LogP contribution is 2.40. The van der Waals surface area contributed by atoms with Crippen LogP contribution < -0.4 is 0 Å². The number of nitrogens with zero attached hydrogens (tertiary/aromatic N) is 1. The van der Waals surface area contributed by atoms with E-state index in [1.807, 2.05) is 54.7 Å². The third kappa shape index (κ3) is 4.67. The maximum Gasteiger partial charge on any atom is 0.295 e. The van der Waals surface area contributed by atoms with Crippen LogP contribution in [0, 0.1) is 0 Å². The molecule has 1 saturated heterocycles. The maximum absolute atomic E-state index is 13.3. The normalized spacial score (nSPS) is 17.6.